The second-order valence-electron chi connectivity index (χ2n) is 5.00. The normalized spacial score (nSPS) is 24.0. The summed E-state index contributed by atoms with van der Waals surface area (Å²) in [6, 6.07) is 11.7. The number of anilines is 1. The average Bonchev–Trinajstić information content (AvgIpc) is 2.34. The van der Waals surface area contributed by atoms with Gasteiger partial charge < -0.3 is 5.32 Å². The highest BCUT2D eigenvalue weighted by Crippen LogP contribution is 2.40. The molecule has 1 N–H and O–H groups in total. The minimum Gasteiger partial charge on any atom is -0.385 e. The molecule has 0 fully saturated rings. The summed E-state index contributed by atoms with van der Waals surface area (Å²) >= 11 is 0. The molecule has 2 heteroatoms. The van der Waals surface area contributed by atoms with Crippen molar-refractivity contribution >= 4 is 14.5 Å². The van der Waals surface area contributed by atoms with E-state index in [-0.39, 0.29) is 0 Å². The van der Waals surface area contributed by atoms with Gasteiger partial charge in [-0.1, -0.05) is 51.1 Å². The number of benzene rings is 1. The summed E-state index contributed by atoms with van der Waals surface area (Å²) in [6.45, 7) is 8.40. The number of hydrogen-bond donors (Lipinski definition) is 1. The summed E-state index contributed by atoms with van der Waals surface area (Å²) in [5, 5.41) is 3.63. The van der Waals surface area contributed by atoms with Crippen molar-refractivity contribution in [3.63, 3.8) is 0 Å². The maximum atomic E-state index is 3.63. The lowest BCUT2D eigenvalue weighted by molar-refractivity contribution is 0.663. The zero-order valence-electron chi connectivity index (χ0n) is 10.7. The standard InChI is InChI=1S/C14H23NSi/c1-4-16(5-2)14-10-15-13-9-7-6-8-12(13)11(14)3/h6-9,11,14-16H,4-5,10H2,1-3H3/t11-,14+/m1/s1. The van der Waals surface area contributed by atoms with Gasteiger partial charge >= 0.3 is 0 Å². The first kappa shape index (κ1) is 11.7. The van der Waals surface area contributed by atoms with Gasteiger partial charge in [0.25, 0.3) is 0 Å². The second kappa shape index (κ2) is 5.04. The molecule has 2 atom stereocenters. The highest BCUT2D eigenvalue weighted by molar-refractivity contribution is 6.60. The van der Waals surface area contributed by atoms with Gasteiger partial charge in [0.1, 0.15) is 0 Å². The molecule has 0 aromatic heterocycles. The Morgan fingerprint density at radius 3 is 2.62 bits per heavy atom. The number of nitrogens with one attached hydrogen (secondary N) is 1. The second-order valence-corrected chi connectivity index (χ2v) is 9.01. The van der Waals surface area contributed by atoms with Gasteiger partial charge in [-0.2, -0.15) is 0 Å². The lowest BCUT2D eigenvalue weighted by Gasteiger charge is -2.36. The third kappa shape index (κ3) is 2.03. The van der Waals surface area contributed by atoms with Crippen molar-refractivity contribution in [1.29, 1.82) is 0 Å². The largest absolute Gasteiger partial charge is 0.385 e. The van der Waals surface area contributed by atoms with E-state index in [1.54, 1.807) is 0 Å². The van der Waals surface area contributed by atoms with Crippen molar-refractivity contribution in [1.82, 2.24) is 0 Å². The van der Waals surface area contributed by atoms with Gasteiger partial charge in [-0.15, -0.1) is 0 Å². The van der Waals surface area contributed by atoms with Crippen molar-refractivity contribution in [3.05, 3.63) is 29.8 Å². The quantitative estimate of drug-likeness (QED) is 0.782. The summed E-state index contributed by atoms with van der Waals surface area (Å²) in [5.74, 6) is 0.758. The van der Waals surface area contributed by atoms with Crippen LogP contribution in [0.4, 0.5) is 5.69 Å². The van der Waals surface area contributed by atoms with Crippen LogP contribution in [0.15, 0.2) is 24.3 Å². The molecule has 88 valence electrons. The van der Waals surface area contributed by atoms with Crippen LogP contribution in [0.5, 0.6) is 0 Å². The van der Waals surface area contributed by atoms with Crippen LogP contribution in [-0.2, 0) is 0 Å². The van der Waals surface area contributed by atoms with E-state index in [2.05, 4.69) is 50.4 Å². The Labute approximate surface area is 101 Å². The topological polar surface area (TPSA) is 12.0 Å². The van der Waals surface area contributed by atoms with E-state index >= 15 is 0 Å². The minimum absolute atomic E-state index is 0.553. The van der Waals surface area contributed by atoms with E-state index in [0.717, 1.165) is 11.5 Å². The molecule has 1 aliphatic heterocycles. The van der Waals surface area contributed by atoms with Crippen molar-refractivity contribution < 1.29 is 0 Å². The Morgan fingerprint density at radius 2 is 1.94 bits per heavy atom. The van der Waals surface area contributed by atoms with Gasteiger partial charge in [-0.25, -0.2) is 0 Å². The lowest BCUT2D eigenvalue weighted by Crippen LogP contribution is -2.32. The summed E-state index contributed by atoms with van der Waals surface area (Å²) < 4.78 is 0. The fourth-order valence-corrected chi connectivity index (χ4v) is 6.42. The zero-order valence-corrected chi connectivity index (χ0v) is 11.8. The molecule has 2 rings (SSSR count). The monoisotopic (exact) mass is 233 g/mol. The molecule has 16 heavy (non-hydrogen) atoms. The smallest absolute Gasteiger partial charge is 0.0422 e. The summed E-state index contributed by atoms with van der Waals surface area (Å²) in [4.78, 5) is 0. The molecular weight excluding hydrogens is 210 g/mol. The predicted octanol–water partition coefficient (Wildman–Crippen LogP) is 3.85. The van der Waals surface area contributed by atoms with E-state index in [4.69, 9.17) is 0 Å². The number of para-hydroxylation sites is 1. The van der Waals surface area contributed by atoms with Gasteiger partial charge in [0.15, 0.2) is 0 Å². The maximum Gasteiger partial charge on any atom is 0.0422 e. The molecule has 0 spiro atoms. The number of hydrogen-bond acceptors (Lipinski definition) is 1. The first-order valence-corrected chi connectivity index (χ1v) is 8.90. The van der Waals surface area contributed by atoms with Crippen LogP contribution in [-0.4, -0.2) is 15.3 Å². The Bertz CT molecular complexity index is 346. The fourth-order valence-electron chi connectivity index (χ4n) is 3.16. The SMILES string of the molecule is CC[SiH](CC)[C@H]1CNc2ccccc2[C@H]1C. The Hall–Kier alpha value is -0.763. The number of fused-ring (bicyclic) bond motifs is 1. The molecule has 1 aromatic rings. The molecule has 0 saturated heterocycles. The fraction of sp³-hybridized carbons (Fsp3) is 0.571. The molecule has 1 aromatic carbocycles. The van der Waals surface area contributed by atoms with Gasteiger partial charge in [0.2, 0.25) is 0 Å². The molecule has 1 nitrogen and oxygen atoms in total. The summed E-state index contributed by atoms with van der Waals surface area (Å²) in [5.41, 5.74) is 3.84. The number of rotatable bonds is 3. The molecule has 0 radical (unpaired) electrons. The van der Waals surface area contributed by atoms with Crippen molar-refractivity contribution in [3.8, 4) is 0 Å². The molecule has 1 heterocycles. The highest BCUT2D eigenvalue weighted by Gasteiger charge is 2.30. The Kier molecular flexibility index (Phi) is 3.69. The first-order chi connectivity index (χ1) is 7.77. The lowest BCUT2D eigenvalue weighted by atomic mass is 9.92. The highest BCUT2D eigenvalue weighted by atomic mass is 28.3. The van der Waals surface area contributed by atoms with Gasteiger partial charge in [0.05, 0.1) is 0 Å². The van der Waals surface area contributed by atoms with E-state index in [9.17, 15) is 0 Å². The van der Waals surface area contributed by atoms with Crippen LogP contribution in [0.25, 0.3) is 0 Å². The first-order valence-electron chi connectivity index (χ1n) is 6.60. The minimum atomic E-state index is -0.553. The molecule has 0 saturated carbocycles. The van der Waals surface area contributed by atoms with Crippen molar-refractivity contribution in [2.45, 2.75) is 44.3 Å². The zero-order chi connectivity index (χ0) is 11.5. The third-order valence-electron chi connectivity index (χ3n) is 4.28. The van der Waals surface area contributed by atoms with Gasteiger partial charge in [-0.05, 0) is 23.1 Å². The maximum absolute atomic E-state index is 3.63. The van der Waals surface area contributed by atoms with Crippen LogP contribution in [0.2, 0.25) is 17.6 Å². The molecule has 0 unspecified atom stereocenters. The van der Waals surface area contributed by atoms with Crippen LogP contribution < -0.4 is 5.32 Å². The predicted molar refractivity (Wildman–Crippen MR) is 75.2 cm³/mol. The summed E-state index contributed by atoms with van der Waals surface area (Å²) in [7, 11) is -0.553. The molecule has 0 amide bonds. The van der Waals surface area contributed by atoms with Crippen LogP contribution in [0.3, 0.4) is 0 Å². The molecule has 1 aliphatic rings. The van der Waals surface area contributed by atoms with Crippen LogP contribution >= 0.6 is 0 Å². The average molecular weight is 233 g/mol. The molecular formula is C14H23NSi. The van der Waals surface area contributed by atoms with Crippen molar-refractivity contribution in [2.75, 3.05) is 11.9 Å². The van der Waals surface area contributed by atoms with Gasteiger partial charge in [-0.3, -0.25) is 0 Å². The van der Waals surface area contributed by atoms with E-state index < -0.39 is 8.80 Å². The molecule has 0 bridgehead atoms. The van der Waals surface area contributed by atoms with E-state index in [0.29, 0.717) is 0 Å². The van der Waals surface area contributed by atoms with E-state index in [1.807, 2.05) is 0 Å². The van der Waals surface area contributed by atoms with E-state index in [1.165, 1.54) is 29.9 Å². The van der Waals surface area contributed by atoms with Crippen LogP contribution in [0, 0.1) is 0 Å². The third-order valence-corrected chi connectivity index (χ3v) is 8.40. The molecule has 0 aliphatic carbocycles. The Morgan fingerprint density at radius 1 is 1.25 bits per heavy atom. The van der Waals surface area contributed by atoms with Gasteiger partial charge in [0, 0.05) is 21.0 Å². The van der Waals surface area contributed by atoms with Crippen molar-refractivity contribution in [2.24, 2.45) is 0 Å². The summed E-state index contributed by atoms with van der Waals surface area (Å²) in [6.07, 6.45) is 0. The van der Waals surface area contributed by atoms with Crippen LogP contribution in [0.1, 0.15) is 32.3 Å². The Balaban J connectivity index is 2.23.